The van der Waals surface area contributed by atoms with E-state index in [0.29, 0.717) is 6.54 Å². The van der Waals surface area contributed by atoms with Gasteiger partial charge in [-0.1, -0.05) is 30.3 Å². The molecule has 5 heteroatoms. The maximum atomic E-state index is 11.9. The second-order valence-corrected chi connectivity index (χ2v) is 3.89. The summed E-state index contributed by atoms with van der Waals surface area (Å²) < 4.78 is 0. The third-order valence-corrected chi connectivity index (χ3v) is 2.59. The number of hydrogen-bond acceptors (Lipinski definition) is 3. The van der Waals surface area contributed by atoms with Gasteiger partial charge < -0.3 is 10.4 Å². The van der Waals surface area contributed by atoms with Crippen molar-refractivity contribution in [2.24, 2.45) is 0 Å². The zero-order valence-corrected chi connectivity index (χ0v) is 10.0. The van der Waals surface area contributed by atoms with Crippen LogP contribution in [0, 0.1) is 0 Å². The molecule has 0 aliphatic carbocycles. The summed E-state index contributed by atoms with van der Waals surface area (Å²) in [5.74, 6) is -1.60. The van der Waals surface area contributed by atoms with E-state index in [-0.39, 0.29) is 11.1 Å². The maximum Gasteiger partial charge on any atom is 0.338 e. The molecule has 1 heterocycles. The summed E-state index contributed by atoms with van der Waals surface area (Å²) in [6.07, 6.45) is 2.56. The van der Waals surface area contributed by atoms with Gasteiger partial charge in [0.2, 0.25) is 0 Å². The number of pyridine rings is 1. The van der Waals surface area contributed by atoms with E-state index >= 15 is 0 Å². The Morgan fingerprint density at radius 2 is 1.84 bits per heavy atom. The van der Waals surface area contributed by atoms with E-state index in [1.165, 1.54) is 18.5 Å². The SMILES string of the molecule is O=C(O)c1cnccc1C(=O)NCc1ccccc1. The second-order valence-electron chi connectivity index (χ2n) is 3.89. The van der Waals surface area contributed by atoms with Crippen LogP contribution in [0.1, 0.15) is 26.3 Å². The normalized spacial score (nSPS) is 9.89. The van der Waals surface area contributed by atoms with Crippen LogP contribution in [0.3, 0.4) is 0 Å². The Balaban J connectivity index is 2.10. The molecule has 5 nitrogen and oxygen atoms in total. The van der Waals surface area contributed by atoms with Gasteiger partial charge in [0, 0.05) is 18.9 Å². The molecule has 1 aromatic carbocycles. The number of aromatic carboxylic acids is 1. The molecule has 0 saturated carbocycles. The molecule has 96 valence electrons. The summed E-state index contributed by atoms with van der Waals surface area (Å²) in [6, 6.07) is 10.8. The maximum absolute atomic E-state index is 11.9. The summed E-state index contributed by atoms with van der Waals surface area (Å²) in [4.78, 5) is 26.6. The highest BCUT2D eigenvalue weighted by molar-refractivity contribution is 6.04. The number of rotatable bonds is 4. The lowest BCUT2D eigenvalue weighted by Crippen LogP contribution is -2.25. The van der Waals surface area contributed by atoms with Gasteiger partial charge in [0.25, 0.3) is 5.91 Å². The number of carbonyl (C=O) groups is 2. The molecular formula is C14H12N2O3. The first-order valence-electron chi connectivity index (χ1n) is 5.68. The van der Waals surface area contributed by atoms with Gasteiger partial charge >= 0.3 is 5.97 Å². The smallest absolute Gasteiger partial charge is 0.338 e. The summed E-state index contributed by atoms with van der Waals surface area (Å²) in [5.41, 5.74) is 0.952. The lowest BCUT2D eigenvalue weighted by molar-refractivity contribution is 0.0690. The fourth-order valence-electron chi connectivity index (χ4n) is 1.64. The first-order valence-corrected chi connectivity index (χ1v) is 5.68. The first-order chi connectivity index (χ1) is 9.18. The van der Waals surface area contributed by atoms with Crippen LogP contribution < -0.4 is 5.32 Å². The van der Waals surface area contributed by atoms with Crippen LogP contribution in [0.25, 0.3) is 0 Å². The van der Waals surface area contributed by atoms with Crippen molar-refractivity contribution in [2.75, 3.05) is 0 Å². The number of nitrogens with zero attached hydrogens (tertiary/aromatic N) is 1. The van der Waals surface area contributed by atoms with Crippen LogP contribution in [-0.2, 0) is 6.54 Å². The van der Waals surface area contributed by atoms with Crippen molar-refractivity contribution in [2.45, 2.75) is 6.54 Å². The number of carbonyl (C=O) groups excluding carboxylic acids is 1. The Bertz CT molecular complexity index is 597. The molecule has 2 rings (SSSR count). The predicted octanol–water partition coefficient (Wildman–Crippen LogP) is 1.71. The average Bonchev–Trinajstić information content (AvgIpc) is 2.46. The Morgan fingerprint density at radius 1 is 1.11 bits per heavy atom. The molecular weight excluding hydrogens is 244 g/mol. The lowest BCUT2D eigenvalue weighted by Gasteiger charge is -2.07. The lowest BCUT2D eigenvalue weighted by atomic mass is 10.1. The van der Waals surface area contributed by atoms with Crippen LogP contribution in [0.4, 0.5) is 0 Å². The van der Waals surface area contributed by atoms with Crippen molar-refractivity contribution in [3.05, 3.63) is 65.5 Å². The molecule has 2 N–H and O–H groups in total. The summed E-state index contributed by atoms with van der Waals surface area (Å²) in [6.45, 7) is 0.348. The van der Waals surface area contributed by atoms with Gasteiger partial charge in [-0.3, -0.25) is 9.78 Å². The van der Waals surface area contributed by atoms with E-state index in [1.54, 1.807) is 0 Å². The highest BCUT2D eigenvalue weighted by Crippen LogP contribution is 2.07. The standard InChI is InChI=1S/C14H12N2O3/c17-13(16-8-10-4-2-1-3-5-10)11-6-7-15-9-12(11)14(18)19/h1-7,9H,8H2,(H,16,17)(H,18,19). The van der Waals surface area contributed by atoms with Gasteiger partial charge in [0.15, 0.2) is 0 Å². The minimum absolute atomic E-state index is 0.104. The Morgan fingerprint density at radius 3 is 2.53 bits per heavy atom. The van der Waals surface area contributed by atoms with Crippen LogP contribution in [0.5, 0.6) is 0 Å². The van der Waals surface area contributed by atoms with Crippen LogP contribution in [-0.4, -0.2) is 22.0 Å². The van der Waals surface area contributed by atoms with Crippen LogP contribution in [0.2, 0.25) is 0 Å². The number of benzene rings is 1. The van der Waals surface area contributed by atoms with Crippen molar-refractivity contribution >= 4 is 11.9 Å². The van der Waals surface area contributed by atoms with Crippen LogP contribution in [0.15, 0.2) is 48.8 Å². The van der Waals surface area contributed by atoms with E-state index in [0.717, 1.165) is 5.56 Å². The summed E-state index contributed by atoms with van der Waals surface area (Å²) in [5, 5.41) is 11.7. The quantitative estimate of drug-likeness (QED) is 0.872. The fraction of sp³-hybridized carbons (Fsp3) is 0.0714. The molecule has 0 aliphatic heterocycles. The summed E-state index contributed by atoms with van der Waals surface area (Å²) in [7, 11) is 0. The molecule has 0 aliphatic rings. The van der Waals surface area contributed by atoms with Gasteiger partial charge in [-0.05, 0) is 11.6 Å². The second kappa shape index (κ2) is 5.77. The first kappa shape index (κ1) is 12.8. The van der Waals surface area contributed by atoms with E-state index in [1.807, 2.05) is 30.3 Å². The molecule has 0 bridgehead atoms. The molecule has 0 unspecified atom stereocenters. The zero-order chi connectivity index (χ0) is 13.7. The van der Waals surface area contributed by atoms with Crippen molar-refractivity contribution in [3.63, 3.8) is 0 Å². The largest absolute Gasteiger partial charge is 0.478 e. The number of hydrogen-bond donors (Lipinski definition) is 2. The molecule has 0 atom stereocenters. The van der Waals surface area contributed by atoms with E-state index in [2.05, 4.69) is 10.3 Å². The number of carboxylic acid groups (broad SMARTS) is 1. The van der Waals surface area contributed by atoms with Gasteiger partial charge in [-0.2, -0.15) is 0 Å². The molecule has 0 saturated heterocycles. The third kappa shape index (κ3) is 3.16. The molecule has 0 spiro atoms. The van der Waals surface area contributed by atoms with Crippen molar-refractivity contribution in [1.82, 2.24) is 10.3 Å². The number of amides is 1. The van der Waals surface area contributed by atoms with Crippen molar-refractivity contribution < 1.29 is 14.7 Å². The van der Waals surface area contributed by atoms with Gasteiger partial charge in [-0.15, -0.1) is 0 Å². The van der Waals surface area contributed by atoms with Crippen molar-refractivity contribution in [3.8, 4) is 0 Å². The summed E-state index contributed by atoms with van der Waals surface area (Å²) >= 11 is 0. The molecule has 0 fully saturated rings. The van der Waals surface area contributed by atoms with Crippen molar-refractivity contribution in [1.29, 1.82) is 0 Å². The fourth-order valence-corrected chi connectivity index (χ4v) is 1.64. The zero-order valence-electron chi connectivity index (χ0n) is 10.0. The Labute approximate surface area is 109 Å². The molecule has 1 aromatic heterocycles. The Hall–Kier alpha value is -2.69. The monoisotopic (exact) mass is 256 g/mol. The Kier molecular flexibility index (Phi) is 3.87. The highest BCUT2D eigenvalue weighted by Gasteiger charge is 2.15. The molecule has 19 heavy (non-hydrogen) atoms. The minimum Gasteiger partial charge on any atom is -0.478 e. The number of carboxylic acids is 1. The highest BCUT2D eigenvalue weighted by atomic mass is 16.4. The molecule has 1 amide bonds. The van der Waals surface area contributed by atoms with E-state index in [4.69, 9.17) is 5.11 Å². The number of aromatic nitrogens is 1. The topological polar surface area (TPSA) is 79.3 Å². The van der Waals surface area contributed by atoms with E-state index in [9.17, 15) is 9.59 Å². The third-order valence-electron chi connectivity index (χ3n) is 2.59. The van der Waals surface area contributed by atoms with Gasteiger partial charge in [0.05, 0.1) is 11.1 Å². The number of nitrogens with one attached hydrogen (secondary N) is 1. The predicted molar refractivity (Wildman–Crippen MR) is 68.8 cm³/mol. The van der Waals surface area contributed by atoms with Crippen LogP contribution >= 0.6 is 0 Å². The minimum atomic E-state index is -1.17. The van der Waals surface area contributed by atoms with Gasteiger partial charge in [-0.25, -0.2) is 4.79 Å². The van der Waals surface area contributed by atoms with E-state index < -0.39 is 11.9 Å². The molecule has 0 radical (unpaired) electrons. The molecule has 2 aromatic rings. The van der Waals surface area contributed by atoms with Gasteiger partial charge in [0.1, 0.15) is 0 Å². The average molecular weight is 256 g/mol.